The summed E-state index contributed by atoms with van der Waals surface area (Å²) in [6.07, 6.45) is 3.50. The maximum Gasteiger partial charge on any atom is 0.248 e. The van der Waals surface area contributed by atoms with Crippen molar-refractivity contribution < 1.29 is 19.2 Å². The molecule has 13 heteroatoms. The fraction of sp³-hybridized carbons (Fsp3) is 0.459. The first kappa shape index (κ1) is 32.7. The summed E-state index contributed by atoms with van der Waals surface area (Å²) in [5.74, 6) is 1.53. The van der Waals surface area contributed by atoms with Gasteiger partial charge in [-0.2, -0.15) is 5.10 Å². The van der Waals surface area contributed by atoms with Gasteiger partial charge in [-0.25, -0.2) is 15.0 Å². The van der Waals surface area contributed by atoms with E-state index in [1.807, 2.05) is 45.0 Å². The van der Waals surface area contributed by atoms with Crippen molar-refractivity contribution in [3.8, 4) is 11.1 Å². The third-order valence-electron chi connectivity index (χ3n) is 11.7. The zero-order valence-corrected chi connectivity index (χ0v) is 30.4. The molecule has 0 radical (unpaired) electrons. The van der Waals surface area contributed by atoms with Gasteiger partial charge in [-0.05, 0) is 107 Å². The van der Waals surface area contributed by atoms with E-state index in [0.717, 1.165) is 22.3 Å². The quantitative estimate of drug-likeness (QED) is 0.214. The lowest BCUT2D eigenvalue weighted by atomic mass is 10.0. The highest BCUT2D eigenvalue weighted by Gasteiger charge is 2.67. The number of carbonyl (C=O) groups excluding carboxylic acids is 4. The summed E-state index contributed by atoms with van der Waals surface area (Å²) in [5, 5.41) is 8.29. The van der Waals surface area contributed by atoms with Crippen LogP contribution in [0.25, 0.3) is 22.0 Å². The summed E-state index contributed by atoms with van der Waals surface area (Å²) >= 11 is 3.39. The van der Waals surface area contributed by atoms with Gasteiger partial charge in [0.05, 0.1) is 5.52 Å². The number of nitrogens with one attached hydrogen (secondary N) is 1. The molecule has 2 saturated carbocycles. The van der Waals surface area contributed by atoms with Gasteiger partial charge < -0.3 is 15.1 Å². The smallest absolute Gasteiger partial charge is 0.248 e. The number of nitrogens with zero attached hydrogens (tertiary/aromatic N) is 7. The van der Waals surface area contributed by atoms with Crippen molar-refractivity contribution in [1.82, 2.24) is 34.5 Å². The van der Waals surface area contributed by atoms with Crippen LogP contribution in [-0.2, 0) is 20.9 Å². The first-order valence-corrected chi connectivity index (χ1v) is 18.0. The number of rotatable bonds is 7. The minimum Gasteiger partial charge on any atom is -0.328 e. The predicted octanol–water partition coefficient (Wildman–Crippen LogP) is 4.60. The lowest BCUT2D eigenvalue weighted by Crippen LogP contribution is -2.55. The SMILES string of the molecule is CC(=O)c1nn(CC(=O)N2CC3C([C@@H]3C)[C@H]2C(=O)N2CC3C(C2C(=O)Nc2nc(Br)ccc2C)[C@@H]3C)c2c(C)cc(-c3cnc(C)nc3)cc12. The van der Waals surface area contributed by atoms with Crippen molar-refractivity contribution in [3.63, 3.8) is 0 Å². The molecule has 8 rings (SSSR count). The molecule has 0 spiro atoms. The second-order valence-electron chi connectivity index (χ2n) is 14.7. The molecule has 50 heavy (non-hydrogen) atoms. The predicted molar refractivity (Wildman–Crippen MR) is 189 cm³/mol. The van der Waals surface area contributed by atoms with Gasteiger partial charge in [0, 0.05) is 43.4 Å². The molecule has 5 heterocycles. The number of aromatic nitrogens is 5. The number of piperidine rings is 2. The van der Waals surface area contributed by atoms with Crippen LogP contribution in [0.1, 0.15) is 48.2 Å². The van der Waals surface area contributed by atoms with Crippen LogP contribution in [0.15, 0.2) is 41.3 Å². The van der Waals surface area contributed by atoms with Gasteiger partial charge in [0.25, 0.3) is 0 Å². The Balaban J connectivity index is 1.07. The number of fused-ring (bicyclic) bond motifs is 3. The van der Waals surface area contributed by atoms with E-state index in [4.69, 9.17) is 0 Å². The largest absolute Gasteiger partial charge is 0.328 e. The molecular formula is C37H39BrN8O4. The van der Waals surface area contributed by atoms with Gasteiger partial charge in [0.2, 0.25) is 17.7 Å². The Hall–Kier alpha value is -4.52. The molecule has 1 N–H and O–H groups in total. The standard InChI is InChI=1S/C37H39BrN8O4/c1-16-7-8-27(38)41-35(16)42-36(49)33-29-18(3)26(29)14-45(33)37(50)34-30-19(4)25(30)13-44(34)28(48)15-46-32-17(2)9-22(23-11-39-21(6)40-12-23)10-24(32)31(43-46)20(5)47/h7-12,18-19,25-26,29-30,33-34H,13-15H2,1-6H3,(H,41,42,49)/t18-,19-,25?,26?,29?,30?,33?,34+/m1/s1. The molecule has 5 unspecified atom stereocenters. The van der Waals surface area contributed by atoms with Crippen molar-refractivity contribution in [2.24, 2.45) is 35.5 Å². The van der Waals surface area contributed by atoms with Crippen molar-refractivity contribution in [3.05, 3.63) is 63.9 Å². The minimum absolute atomic E-state index is 0.0432. The number of benzene rings is 1. The van der Waals surface area contributed by atoms with Crippen molar-refractivity contribution in [2.75, 3.05) is 18.4 Å². The zero-order valence-electron chi connectivity index (χ0n) is 28.8. The molecule has 2 aliphatic carbocycles. The lowest BCUT2D eigenvalue weighted by Gasteiger charge is -2.35. The van der Waals surface area contributed by atoms with E-state index in [2.05, 4.69) is 55.1 Å². The number of amides is 3. The number of anilines is 1. The second kappa shape index (κ2) is 11.8. The molecule has 12 nitrogen and oxygen atoms in total. The molecule has 2 saturated heterocycles. The third-order valence-corrected chi connectivity index (χ3v) is 12.1. The molecule has 2 aliphatic heterocycles. The fourth-order valence-electron chi connectivity index (χ4n) is 8.79. The molecule has 4 aromatic rings. The Morgan fingerprint density at radius 1 is 0.880 bits per heavy atom. The molecule has 4 fully saturated rings. The number of carbonyl (C=O) groups is 4. The number of pyridine rings is 1. The molecule has 1 aromatic carbocycles. The van der Waals surface area contributed by atoms with E-state index in [-0.39, 0.29) is 59.4 Å². The van der Waals surface area contributed by atoms with Crippen LogP contribution in [0.3, 0.4) is 0 Å². The van der Waals surface area contributed by atoms with Crippen LogP contribution in [0.2, 0.25) is 0 Å². The van der Waals surface area contributed by atoms with E-state index < -0.39 is 12.1 Å². The number of aryl methyl sites for hydroxylation is 3. The molecule has 8 atom stereocenters. The van der Waals surface area contributed by atoms with E-state index in [1.54, 1.807) is 26.9 Å². The summed E-state index contributed by atoms with van der Waals surface area (Å²) in [7, 11) is 0. The molecule has 4 aliphatic rings. The summed E-state index contributed by atoms with van der Waals surface area (Å²) in [5.41, 5.74) is 4.33. The summed E-state index contributed by atoms with van der Waals surface area (Å²) < 4.78 is 2.21. The summed E-state index contributed by atoms with van der Waals surface area (Å²) in [4.78, 5) is 72.0. The van der Waals surface area contributed by atoms with Crippen molar-refractivity contribution in [2.45, 2.75) is 60.2 Å². The van der Waals surface area contributed by atoms with Gasteiger partial charge in [0.15, 0.2) is 5.78 Å². The maximum atomic E-state index is 14.6. The average Bonchev–Trinajstić information content (AvgIpc) is 3.60. The highest BCUT2D eigenvalue weighted by atomic mass is 79.9. The summed E-state index contributed by atoms with van der Waals surface area (Å²) in [6.45, 7) is 12.2. The maximum absolute atomic E-state index is 14.6. The summed E-state index contributed by atoms with van der Waals surface area (Å²) in [6, 6.07) is 6.30. The van der Waals surface area contributed by atoms with E-state index in [0.29, 0.717) is 52.1 Å². The Kier molecular flexibility index (Phi) is 7.70. The van der Waals surface area contributed by atoms with Crippen LogP contribution in [0.4, 0.5) is 5.82 Å². The number of Topliss-reactive ketones (excluding diaryl/α,β-unsaturated/α-hetero) is 1. The van der Waals surface area contributed by atoms with Gasteiger partial charge in [0.1, 0.15) is 40.6 Å². The van der Waals surface area contributed by atoms with Crippen LogP contribution < -0.4 is 5.32 Å². The number of ketones is 1. The molecule has 3 amide bonds. The van der Waals surface area contributed by atoms with Crippen molar-refractivity contribution in [1.29, 1.82) is 0 Å². The van der Waals surface area contributed by atoms with Crippen LogP contribution in [0, 0.1) is 56.3 Å². The Bertz CT molecular complexity index is 2110. The van der Waals surface area contributed by atoms with Gasteiger partial charge >= 0.3 is 0 Å². The molecule has 0 bridgehead atoms. The number of likely N-dealkylation sites (tertiary alicyclic amines) is 2. The highest BCUT2D eigenvalue weighted by Crippen LogP contribution is 2.58. The van der Waals surface area contributed by atoms with Crippen LogP contribution >= 0.6 is 15.9 Å². The number of hydrogen-bond donors (Lipinski definition) is 1. The second-order valence-corrected chi connectivity index (χ2v) is 15.5. The number of halogens is 1. The molecule has 3 aromatic heterocycles. The Morgan fingerprint density at radius 3 is 2.22 bits per heavy atom. The monoisotopic (exact) mass is 738 g/mol. The molecule has 258 valence electrons. The van der Waals surface area contributed by atoms with E-state index in [9.17, 15) is 19.2 Å². The van der Waals surface area contributed by atoms with Crippen molar-refractivity contribution >= 4 is 56.2 Å². The van der Waals surface area contributed by atoms with E-state index >= 15 is 0 Å². The van der Waals surface area contributed by atoms with E-state index in [1.165, 1.54) is 6.92 Å². The number of hydrogen-bond acceptors (Lipinski definition) is 8. The van der Waals surface area contributed by atoms with Crippen LogP contribution in [-0.4, -0.2) is 83.2 Å². The topological polar surface area (TPSA) is 143 Å². The molecular weight excluding hydrogens is 700 g/mol. The first-order chi connectivity index (χ1) is 23.8. The van der Waals surface area contributed by atoms with Gasteiger partial charge in [-0.1, -0.05) is 19.9 Å². The lowest BCUT2D eigenvalue weighted by molar-refractivity contribution is -0.148. The average molecular weight is 740 g/mol. The minimum atomic E-state index is -0.653. The first-order valence-electron chi connectivity index (χ1n) is 17.2. The van der Waals surface area contributed by atoms with Gasteiger partial charge in [-0.15, -0.1) is 0 Å². The Morgan fingerprint density at radius 2 is 1.54 bits per heavy atom. The Labute approximate surface area is 298 Å². The zero-order chi connectivity index (χ0) is 35.3. The third kappa shape index (κ3) is 5.23. The fourth-order valence-corrected chi connectivity index (χ4v) is 9.10. The normalized spacial score (nSPS) is 27.7. The van der Waals surface area contributed by atoms with Crippen LogP contribution in [0.5, 0.6) is 0 Å². The highest BCUT2D eigenvalue weighted by molar-refractivity contribution is 9.10. The van der Waals surface area contributed by atoms with Gasteiger partial charge in [-0.3, -0.25) is 23.9 Å².